The van der Waals surface area contributed by atoms with E-state index in [1.165, 1.54) is 11.3 Å². The number of thioether (sulfide) groups is 1. The number of aromatic nitrogens is 4. The van der Waals surface area contributed by atoms with Crippen molar-refractivity contribution in [2.24, 2.45) is 7.05 Å². The first-order valence-electron chi connectivity index (χ1n) is 8.94. The summed E-state index contributed by atoms with van der Waals surface area (Å²) in [6, 6.07) is 11.4. The van der Waals surface area contributed by atoms with Crippen LogP contribution in [0.25, 0.3) is 11.6 Å². The highest BCUT2D eigenvalue weighted by molar-refractivity contribution is 7.98. The maximum absolute atomic E-state index is 12.2. The third-order valence-corrected chi connectivity index (χ3v) is 6.12. The molecule has 3 heterocycles. The molecule has 29 heavy (non-hydrogen) atoms. The molecule has 1 aromatic carbocycles. The molecule has 9 heteroatoms. The summed E-state index contributed by atoms with van der Waals surface area (Å²) >= 11 is 3.04. The lowest BCUT2D eigenvalue weighted by molar-refractivity contribution is -0.115. The lowest BCUT2D eigenvalue weighted by Crippen LogP contribution is -2.14. The Hall–Kier alpha value is -2.91. The number of hydrogen-bond donors (Lipinski definition) is 1. The van der Waals surface area contributed by atoms with E-state index in [2.05, 4.69) is 20.5 Å². The van der Waals surface area contributed by atoms with Crippen LogP contribution in [0.1, 0.15) is 16.3 Å². The second-order valence-corrected chi connectivity index (χ2v) is 8.34. The van der Waals surface area contributed by atoms with Crippen molar-refractivity contribution in [3.63, 3.8) is 0 Å². The van der Waals surface area contributed by atoms with E-state index in [1.54, 1.807) is 18.0 Å². The van der Waals surface area contributed by atoms with Crippen LogP contribution in [-0.2, 0) is 24.0 Å². The molecule has 1 N–H and O–H groups in total. The zero-order valence-corrected chi connectivity index (χ0v) is 17.6. The molecule has 0 fully saturated rings. The smallest absolute Gasteiger partial charge is 0.231 e. The molecular formula is C20H19N5O2S2. The van der Waals surface area contributed by atoms with Gasteiger partial charge in [0.1, 0.15) is 5.01 Å². The van der Waals surface area contributed by atoms with Crippen LogP contribution in [0.3, 0.4) is 0 Å². The molecule has 0 radical (unpaired) electrons. The molecule has 3 aromatic heterocycles. The van der Waals surface area contributed by atoms with Gasteiger partial charge < -0.3 is 14.3 Å². The van der Waals surface area contributed by atoms with Crippen LogP contribution >= 0.6 is 23.1 Å². The second kappa shape index (κ2) is 8.62. The monoisotopic (exact) mass is 425 g/mol. The van der Waals surface area contributed by atoms with Gasteiger partial charge in [-0.05, 0) is 31.2 Å². The Morgan fingerprint density at radius 1 is 1.24 bits per heavy atom. The lowest BCUT2D eigenvalue weighted by Gasteiger charge is -2.04. The standard InChI is InChI=1S/C20H19N5O2S2/c1-13-5-7-14(8-6-13)21-17(26)10-18-22-15(11-28-18)12-29-20-24-23-19(25(20)2)16-4-3-9-27-16/h3-9,11H,10,12H2,1-2H3,(H,21,26). The number of furan rings is 1. The average molecular weight is 426 g/mol. The van der Waals surface area contributed by atoms with Crippen molar-refractivity contribution in [3.05, 3.63) is 64.3 Å². The molecule has 0 spiro atoms. The van der Waals surface area contributed by atoms with Crippen LogP contribution in [-0.4, -0.2) is 25.7 Å². The first-order valence-corrected chi connectivity index (χ1v) is 10.8. The summed E-state index contributed by atoms with van der Waals surface area (Å²) in [5, 5.41) is 14.9. The summed E-state index contributed by atoms with van der Waals surface area (Å²) in [5.41, 5.74) is 2.87. The predicted molar refractivity (Wildman–Crippen MR) is 114 cm³/mol. The van der Waals surface area contributed by atoms with E-state index < -0.39 is 0 Å². The Morgan fingerprint density at radius 3 is 2.83 bits per heavy atom. The molecule has 0 aliphatic rings. The van der Waals surface area contributed by atoms with Crippen molar-refractivity contribution < 1.29 is 9.21 Å². The predicted octanol–water partition coefficient (Wildman–Crippen LogP) is 4.31. The van der Waals surface area contributed by atoms with E-state index >= 15 is 0 Å². The quantitative estimate of drug-likeness (QED) is 0.444. The van der Waals surface area contributed by atoms with Crippen LogP contribution in [0.5, 0.6) is 0 Å². The molecule has 148 valence electrons. The molecule has 0 saturated heterocycles. The van der Waals surface area contributed by atoms with Crippen LogP contribution in [0.2, 0.25) is 0 Å². The van der Waals surface area contributed by atoms with Gasteiger partial charge in [0, 0.05) is 23.9 Å². The highest BCUT2D eigenvalue weighted by Crippen LogP contribution is 2.26. The number of amides is 1. The minimum absolute atomic E-state index is 0.0706. The number of carbonyl (C=O) groups excluding carboxylic acids is 1. The van der Waals surface area contributed by atoms with Crippen molar-refractivity contribution in [1.82, 2.24) is 19.7 Å². The van der Waals surface area contributed by atoms with E-state index in [4.69, 9.17) is 4.42 Å². The third kappa shape index (κ3) is 4.75. The number of hydrogen-bond acceptors (Lipinski definition) is 7. The van der Waals surface area contributed by atoms with Gasteiger partial charge in [-0.2, -0.15) is 0 Å². The van der Waals surface area contributed by atoms with Crippen LogP contribution in [0, 0.1) is 6.92 Å². The Morgan fingerprint density at radius 2 is 2.07 bits per heavy atom. The molecule has 7 nitrogen and oxygen atoms in total. The minimum Gasteiger partial charge on any atom is -0.461 e. The van der Waals surface area contributed by atoms with Gasteiger partial charge in [0.25, 0.3) is 0 Å². The van der Waals surface area contributed by atoms with E-state index in [-0.39, 0.29) is 12.3 Å². The molecule has 1 amide bonds. The summed E-state index contributed by atoms with van der Waals surface area (Å²) in [5.74, 6) is 1.95. The number of nitrogens with zero attached hydrogens (tertiary/aromatic N) is 4. The van der Waals surface area contributed by atoms with Gasteiger partial charge in [-0.25, -0.2) is 4.98 Å². The molecule has 0 aliphatic carbocycles. The minimum atomic E-state index is -0.0706. The van der Waals surface area contributed by atoms with Gasteiger partial charge in [0.05, 0.1) is 18.4 Å². The van der Waals surface area contributed by atoms with Crippen molar-refractivity contribution in [3.8, 4) is 11.6 Å². The third-order valence-electron chi connectivity index (χ3n) is 4.17. The molecular weight excluding hydrogens is 406 g/mol. The van der Waals surface area contributed by atoms with E-state index in [0.29, 0.717) is 17.3 Å². The fourth-order valence-corrected chi connectivity index (χ4v) is 4.38. The van der Waals surface area contributed by atoms with E-state index in [9.17, 15) is 4.79 Å². The molecule has 4 aromatic rings. The molecule has 0 atom stereocenters. The van der Waals surface area contributed by atoms with Gasteiger partial charge in [0.15, 0.2) is 16.7 Å². The molecule has 0 unspecified atom stereocenters. The second-order valence-electron chi connectivity index (χ2n) is 6.45. The van der Waals surface area contributed by atoms with E-state index in [1.807, 2.05) is 60.3 Å². The fourth-order valence-electron chi connectivity index (χ4n) is 2.68. The number of rotatable bonds is 7. The number of nitrogens with one attached hydrogen (secondary N) is 1. The summed E-state index contributed by atoms with van der Waals surface area (Å²) in [4.78, 5) is 16.8. The first kappa shape index (κ1) is 19.4. The summed E-state index contributed by atoms with van der Waals surface area (Å²) in [6.45, 7) is 2.01. The van der Waals surface area contributed by atoms with Crippen molar-refractivity contribution >= 4 is 34.7 Å². The van der Waals surface area contributed by atoms with Gasteiger partial charge in [-0.1, -0.05) is 29.5 Å². The van der Waals surface area contributed by atoms with Crippen molar-refractivity contribution in [1.29, 1.82) is 0 Å². The van der Waals surface area contributed by atoms with Crippen molar-refractivity contribution in [2.75, 3.05) is 5.32 Å². The average Bonchev–Trinajstić information content (AvgIpc) is 3.44. The molecule has 0 saturated carbocycles. The maximum atomic E-state index is 12.2. The number of benzene rings is 1. The lowest BCUT2D eigenvalue weighted by atomic mass is 10.2. The topological polar surface area (TPSA) is 85.8 Å². The zero-order chi connectivity index (χ0) is 20.2. The largest absolute Gasteiger partial charge is 0.461 e. The SMILES string of the molecule is Cc1ccc(NC(=O)Cc2nc(CSc3nnc(-c4ccco4)n3C)cs2)cc1. The highest BCUT2D eigenvalue weighted by Gasteiger charge is 2.14. The summed E-state index contributed by atoms with van der Waals surface area (Å²) in [7, 11) is 1.90. The number of thiazole rings is 1. The van der Waals surface area contributed by atoms with Crippen molar-refractivity contribution in [2.45, 2.75) is 24.3 Å². The Balaban J connectivity index is 1.32. The van der Waals surface area contributed by atoms with Crippen LogP contribution in [0.4, 0.5) is 5.69 Å². The Kier molecular flexibility index (Phi) is 5.77. The fraction of sp³-hybridized carbons (Fsp3) is 0.200. The highest BCUT2D eigenvalue weighted by atomic mass is 32.2. The first-order chi connectivity index (χ1) is 14.1. The summed E-state index contributed by atoms with van der Waals surface area (Å²) < 4.78 is 7.28. The van der Waals surface area contributed by atoms with Gasteiger partial charge in [0.2, 0.25) is 5.91 Å². The Bertz CT molecular complexity index is 1100. The van der Waals surface area contributed by atoms with Gasteiger partial charge in [-0.15, -0.1) is 21.5 Å². The van der Waals surface area contributed by atoms with E-state index in [0.717, 1.165) is 27.1 Å². The van der Waals surface area contributed by atoms with Gasteiger partial charge >= 0.3 is 0 Å². The van der Waals surface area contributed by atoms with Crippen LogP contribution < -0.4 is 5.32 Å². The normalized spacial score (nSPS) is 11.0. The Labute approximate surface area is 176 Å². The maximum Gasteiger partial charge on any atom is 0.231 e. The molecule has 4 rings (SSSR count). The van der Waals surface area contributed by atoms with Gasteiger partial charge in [-0.3, -0.25) is 4.79 Å². The number of aryl methyl sites for hydroxylation is 1. The summed E-state index contributed by atoms with van der Waals surface area (Å²) in [6.07, 6.45) is 1.87. The van der Waals surface area contributed by atoms with Crippen LogP contribution in [0.15, 0.2) is 57.6 Å². The zero-order valence-electron chi connectivity index (χ0n) is 16.0. The number of anilines is 1. The molecule has 0 bridgehead atoms. The number of carbonyl (C=O) groups is 1. The molecule has 0 aliphatic heterocycles.